The van der Waals surface area contributed by atoms with Gasteiger partial charge in [-0.2, -0.15) is 5.10 Å². The minimum Gasteiger partial charge on any atom is -0.367 e. The van der Waals surface area contributed by atoms with Crippen LogP contribution in [-0.4, -0.2) is 71.4 Å². The van der Waals surface area contributed by atoms with Gasteiger partial charge in [-0.15, -0.1) is 0 Å². The Morgan fingerprint density at radius 3 is 2.28 bits per heavy atom. The van der Waals surface area contributed by atoms with Crippen LogP contribution in [0.2, 0.25) is 0 Å². The van der Waals surface area contributed by atoms with Gasteiger partial charge in [0.2, 0.25) is 5.91 Å². The number of hydrogen-bond acceptors (Lipinski definition) is 5. The molecule has 7 nitrogen and oxygen atoms in total. The Kier molecular flexibility index (Phi) is 9.14. The van der Waals surface area contributed by atoms with Crippen molar-refractivity contribution in [3.63, 3.8) is 0 Å². The lowest BCUT2D eigenvalue weighted by Gasteiger charge is -2.36. The second kappa shape index (κ2) is 12.7. The van der Waals surface area contributed by atoms with Crippen molar-refractivity contribution in [2.75, 3.05) is 50.8 Å². The van der Waals surface area contributed by atoms with Gasteiger partial charge in [-0.25, -0.2) is 4.68 Å². The number of benzene rings is 2. The first-order valence-electron chi connectivity index (χ1n) is 13.1. The monoisotopic (exact) mass is 489 g/mol. The van der Waals surface area contributed by atoms with E-state index in [4.69, 9.17) is 9.84 Å². The van der Waals surface area contributed by atoms with E-state index >= 15 is 0 Å². The zero-order valence-corrected chi connectivity index (χ0v) is 21.9. The number of aryl methyl sites for hydroxylation is 1. The molecule has 1 aromatic heterocycles. The summed E-state index contributed by atoms with van der Waals surface area (Å²) in [5, 5.41) is 4.96. The molecule has 3 aromatic rings. The van der Waals surface area contributed by atoms with E-state index in [1.54, 1.807) is 0 Å². The van der Waals surface area contributed by atoms with Crippen molar-refractivity contribution in [3.8, 4) is 5.69 Å². The molecule has 0 saturated carbocycles. The molecule has 192 valence electrons. The van der Waals surface area contributed by atoms with Gasteiger partial charge in [0.15, 0.2) is 0 Å². The van der Waals surface area contributed by atoms with E-state index in [1.807, 2.05) is 53.4 Å². The van der Waals surface area contributed by atoms with Crippen LogP contribution in [0, 0.1) is 6.92 Å². The maximum absolute atomic E-state index is 13.2. The Morgan fingerprint density at radius 1 is 0.972 bits per heavy atom. The van der Waals surface area contributed by atoms with E-state index in [-0.39, 0.29) is 12.5 Å². The summed E-state index contributed by atoms with van der Waals surface area (Å²) in [6.07, 6.45) is 0.890. The number of para-hydroxylation sites is 1. The summed E-state index contributed by atoms with van der Waals surface area (Å²) >= 11 is 0. The summed E-state index contributed by atoms with van der Waals surface area (Å²) in [6.45, 7) is 13.1. The highest BCUT2D eigenvalue weighted by Gasteiger charge is 2.27. The lowest BCUT2D eigenvalue weighted by atomic mass is 10.1. The second-order valence-electron chi connectivity index (χ2n) is 9.35. The molecule has 0 atom stereocenters. The number of nitrogens with zero attached hydrogens (tertiary/aromatic N) is 5. The van der Waals surface area contributed by atoms with Crippen LogP contribution in [0.25, 0.3) is 5.69 Å². The van der Waals surface area contributed by atoms with Gasteiger partial charge < -0.3 is 19.4 Å². The molecule has 7 heteroatoms. The first-order valence-corrected chi connectivity index (χ1v) is 13.1. The quantitative estimate of drug-likeness (QED) is 0.403. The zero-order valence-electron chi connectivity index (χ0n) is 21.9. The van der Waals surface area contributed by atoms with Crippen molar-refractivity contribution < 1.29 is 9.53 Å². The summed E-state index contributed by atoms with van der Waals surface area (Å²) in [5.41, 5.74) is 4.19. The second-order valence-corrected chi connectivity index (χ2v) is 9.35. The maximum atomic E-state index is 13.2. The Morgan fingerprint density at radius 2 is 1.64 bits per heavy atom. The molecule has 0 radical (unpaired) electrons. The topological polar surface area (TPSA) is 53.8 Å². The van der Waals surface area contributed by atoms with Gasteiger partial charge in [-0.3, -0.25) is 4.79 Å². The Balaban J connectivity index is 1.56. The van der Waals surface area contributed by atoms with Crippen LogP contribution in [0.4, 0.5) is 5.82 Å². The average molecular weight is 490 g/mol. The highest BCUT2D eigenvalue weighted by molar-refractivity contribution is 5.77. The zero-order chi connectivity index (χ0) is 25.3. The smallest absolute Gasteiger partial charge is 0.248 e. The lowest BCUT2D eigenvalue weighted by Crippen LogP contribution is -2.47. The first-order chi connectivity index (χ1) is 17.6. The fourth-order valence-corrected chi connectivity index (χ4v) is 4.76. The standard InChI is InChI=1S/C29H39N5O2/c1-4-16-33(28(35)23-36-22-25-12-8-6-9-13-25)21-27-24(3)30-34(26-14-10-7-11-15-26)29(27)32-19-17-31(5-2)18-20-32/h6-15H,4-5,16-23H2,1-3H3. The molecule has 1 aliphatic rings. The van der Waals surface area contributed by atoms with E-state index in [0.717, 1.165) is 67.5 Å². The Bertz CT molecular complexity index is 1090. The normalized spacial score (nSPS) is 14.2. The third kappa shape index (κ3) is 6.33. The van der Waals surface area contributed by atoms with Crippen molar-refractivity contribution in [1.29, 1.82) is 0 Å². The number of ether oxygens (including phenoxy) is 1. The number of carbonyl (C=O) groups excluding carboxylic acids is 1. The average Bonchev–Trinajstić information content (AvgIpc) is 3.25. The Hall–Kier alpha value is -3.16. The molecule has 4 rings (SSSR count). The highest BCUT2D eigenvalue weighted by atomic mass is 16.5. The molecule has 2 heterocycles. The largest absolute Gasteiger partial charge is 0.367 e. The van der Waals surface area contributed by atoms with E-state index in [9.17, 15) is 4.79 Å². The van der Waals surface area contributed by atoms with Gasteiger partial charge in [-0.1, -0.05) is 62.4 Å². The van der Waals surface area contributed by atoms with Crippen LogP contribution < -0.4 is 4.90 Å². The molecule has 0 spiro atoms. The number of likely N-dealkylation sites (N-methyl/N-ethyl adjacent to an activating group) is 1. The summed E-state index contributed by atoms with van der Waals surface area (Å²) in [7, 11) is 0. The first kappa shape index (κ1) is 25.9. The van der Waals surface area contributed by atoms with Gasteiger partial charge in [-0.05, 0) is 37.6 Å². The maximum Gasteiger partial charge on any atom is 0.248 e. The molecular weight excluding hydrogens is 450 g/mol. The summed E-state index contributed by atoms with van der Waals surface area (Å²) < 4.78 is 7.86. The number of amides is 1. The summed E-state index contributed by atoms with van der Waals surface area (Å²) in [4.78, 5) is 20.1. The fourth-order valence-electron chi connectivity index (χ4n) is 4.76. The van der Waals surface area contributed by atoms with Crippen LogP contribution in [0.5, 0.6) is 0 Å². The number of anilines is 1. The van der Waals surface area contributed by atoms with Crippen molar-refractivity contribution >= 4 is 11.7 Å². The predicted molar refractivity (Wildman–Crippen MR) is 144 cm³/mol. The summed E-state index contributed by atoms with van der Waals surface area (Å²) in [6, 6.07) is 20.3. The minimum absolute atomic E-state index is 0.0152. The number of aromatic nitrogens is 2. The molecule has 0 N–H and O–H groups in total. The van der Waals surface area contributed by atoms with E-state index in [2.05, 4.69) is 47.4 Å². The van der Waals surface area contributed by atoms with Gasteiger partial charge in [0.1, 0.15) is 12.4 Å². The van der Waals surface area contributed by atoms with Crippen LogP contribution in [0.15, 0.2) is 60.7 Å². The van der Waals surface area contributed by atoms with E-state index < -0.39 is 0 Å². The number of piperazine rings is 1. The minimum atomic E-state index is 0.0152. The number of rotatable bonds is 11. The molecule has 2 aromatic carbocycles. The van der Waals surface area contributed by atoms with Crippen molar-refractivity contribution in [3.05, 3.63) is 77.5 Å². The third-order valence-corrected chi connectivity index (χ3v) is 6.81. The number of hydrogen-bond donors (Lipinski definition) is 0. The van der Waals surface area contributed by atoms with Gasteiger partial charge >= 0.3 is 0 Å². The van der Waals surface area contributed by atoms with Crippen LogP contribution in [-0.2, 0) is 22.7 Å². The SMILES string of the molecule is CCCN(Cc1c(C)nn(-c2ccccc2)c1N1CCN(CC)CC1)C(=O)COCc1ccccc1. The molecule has 0 bridgehead atoms. The lowest BCUT2D eigenvalue weighted by molar-refractivity contribution is -0.137. The van der Waals surface area contributed by atoms with Crippen LogP contribution in [0.1, 0.15) is 37.1 Å². The highest BCUT2D eigenvalue weighted by Crippen LogP contribution is 2.30. The summed E-state index contributed by atoms with van der Waals surface area (Å²) in [5.74, 6) is 1.12. The predicted octanol–water partition coefficient (Wildman–Crippen LogP) is 4.28. The Labute approximate surface area is 215 Å². The molecule has 0 unspecified atom stereocenters. The molecule has 1 saturated heterocycles. The van der Waals surface area contributed by atoms with E-state index in [1.165, 1.54) is 0 Å². The van der Waals surface area contributed by atoms with E-state index in [0.29, 0.717) is 19.7 Å². The van der Waals surface area contributed by atoms with Crippen LogP contribution >= 0.6 is 0 Å². The molecule has 1 aliphatic heterocycles. The third-order valence-electron chi connectivity index (χ3n) is 6.81. The molecule has 1 amide bonds. The van der Waals surface area contributed by atoms with Crippen molar-refractivity contribution in [2.24, 2.45) is 0 Å². The van der Waals surface area contributed by atoms with Gasteiger partial charge in [0, 0.05) is 38.3 Å². The van der Waals surface area contributed by atoms with Crippen LogP contribution in [0.3, 0.4) is 0 Å². The van der Waals surface area contributed by atoms with Crippen molar-refractivity contribution in [2.45, 2.75) is 40.3 Å². The number of carbonyl (C=O) groups is 1. The molecule has 0 aliphatic carbocycles. The van der Waals surface area contributed by atoms with Gasteiger partial charge in [0.05, 0.1) is 24.5 Å². The fraction of sp³-hybridized carbons (Fsp3) is 0.448. The van der Waals surface area contributed by atoms with Gasteiger partial charge in [0.25, 0.3) is 0 Å². The molecule has 1 fully saturated rings. The van der Waals surface area contributed by atoms with Crippen molar-refractivity contribution in [1.82, 2.24) is 19.6 Å². The molecule has 36 heavy (non-hydrogen) atoms. The molecular formula is C29H39N5O2.